The van der Waals surface area contributed by atoms with Gasteiger partial charge >= 0.3 is 0 Å². The summed E-state index contributed by atoms with van der Waals surface area (Å²) in [5, 5.41) is 0. The molecule has 1 amide bonds. The first-order valence-electron chi connectivity index (χ1n) is 7.25. The Balaban J connectivity index is 2.14. The minimum absolute atomic E-state index is 0.260. The number of hydrogen-bond donors (Lipinski definition) is 1. The van der Waals surface area contributed by atoms with Crippen molar-refractivity contribution in [3.05, 3.63) is 35.4 Å². The van der Waals surface area contributed by atoms with Gasteiger partial charge in [-0.1, -0.05) is 37.0 Å². The Morgan fingerprint density at radius 1 is 1.35 bits per heavy atom. The van der Waals surface area contributed by atoms with Crippen molar-refractivity contribution in [3.8, 4) is 11.8 Å². The second-order valence-corrected chi connectivity index (χ2v) is 5.41. The molecule has 0 spiro atoms. The third kappa shape index (κ3) is 3.85. The summed E-state index contributed by atoms with van der Waals surface area (Å²) in [6, 6.07) is 8.00. The highest BCUT2D eigenvalue weighted by atomic mass is 16.2. The van der Waals surface area contributed by atoms with Crippen LogP contribution in [0.1, 0.15) is 37.3 Å². The first-order chi connectivity index (χ1) is 9.70. The lowest BCUT2D eigenvalue weighted by atomic mass is 10.0. The summed E-state index contributed by atoms with van der Waals surface area (Å²) in [4.78, 5) is 14.1. The van der Waals surface area contributed by atoms with Gasteiger partial charge in [0, 0.05) is 25.1 Å². The fraction of sp³-hybridized carbons (Fsp3) is 0.471. The molecule has 0 saturated carbocycles. The zero-order chi connectivity index (χ0) is 14.4. The Bertz CT molecular complexity index is 527. The minimum Gasteiger partial charge on any atom is -0.338 e. The Morgan fingerprint density at radius 2 is 2.15 bits per heavy atom. The van der Waals surface area contributed by atoms with Crippen molar-refractivity contribution < 1.29 is 4.79 Å². The van der Waals surface area contributed by atoms with Gasteiger partial charge in [0.05, 0.1) is 6.54 Å². The topological polar surface area (TPSA) is 46.3 Å². The van der Waals surface area contributed by atoms with Gasteiger partial charge in [0.1, 0.15) is 0 Å². The van der Waals surface area contributed by atoms with Crippen molar-refractivity contribution in [1.29, 1.82) is 0 Å². The van der Waals surface area contributed by atoms with E-state index in [-0.39, 0.29) is 5.91 Å². The van der Waals surface area contributed by atoms with E-state index in [1.165, 1.54) is 0 Å². The zero-order valence-electron chi connectivity index (χ0n) is 12.1. The predicted molar refractivity (Wildman–Crippen MR) is 80.8 cm³/mol. The van der Waals surface area contributed by atoms with Crippen molar-refractivity contribution in [3.63, 3.8) is 0 Å². The van der Waals surface area contributed by atoms with Crippen LogP contribution in [0.4, 0.5) is 0 Å². The molecule has 20 heavy (non-hydrogen) atoms. The molecule has 1 aliphatic rings. The highest BCUT2D eigenvalue weighted by Gasteiger charge is 2.20. The number of benzene rings is 1. The molecule has 0 aliphatic carbocycles. The first kappa shape index (κ1) is 14.6. The van der Waals surface area contributed by atoms with Crippen LogP contribution in [-0.2, 0) is 11.3 Å². The molecule has 3 nitrogen and oxygen atoms in total. The van der Waals surface area contributed by atoms with Crippen LogP contribution in [0, 0.1) is 17.8 Å². The summed E-state index contributed by atoms with van der Waals surface area (Å²) in [6.07, 6.45) is 2.75. The number of carbonyl (C=O) groups is 1. The zero-order valence-corrected chi connectivity index (χ0v) is 12.1. The number of rotatable bonds is 2. The van der Waals surface area contributed by atoms with Crippen molar-refractivity contribution >= 4 is 5.91 Å². The SMILES string of the molecule is CC1CCC(=O)N(Cc2ccccc2C#CCN)CC1. The summed E-state index contributed by atoms with van der Waals surface area (Å²) in [7, 11) is 0. The monoisotopic (exact) mass is 270 g/mol. The molecule has 0 radical (unpaired) electrons. The van der Waals surface area contributed by atoms with Crippen LogP contribution < -0.4 is 5.73 Å². The minimum atomic E-state index is 0.260. The molecule has 1 unspecified atom stereocenters. The molecule has 1 heterocycles. The molecule has 0 bridgehead atoms. The maximum Gasteiger partial charge on any atom is 0.222 e. The average molecular weight is 270 g/mol. The third-order valence-corrected chi connectivity index (χ3v) is 3.80. The molecule has 1 aromatic carbocycles. The highest BCUT2D eigenvalue weighted by molar-refractivity contribution is 5.76. The molecule has 0 aromatic heterocycles. The van der Waals surface area contributed by atoms with Crippen LogP contribution >= 0.6 is 0 Å². The molecule has 1 atom stereocenters. The smallest absolute Gasteiger partial charge is 0.222 e. The van der Waals surface area contributed by atoms with Crippen LogP contribution in [-0.4, -0.2) is 23.9 Å². The van der Waals surface area contributed by atoms with E-state index < -0.39 is 0 Å². The fourth-order valence-electron chi connectivity index (χ4n) is 2.47. The summed E-state index contributed by atoms with van der Waals surface area (Å²) in [6.45, 7) is 4.07. The van der Waals surface area contributed by atoms with Gasteiger partial charge in [0.25, 0.3) is 0 Å². The van der Waals surface area contributed by atoms with Gasteiger partial charge < -0.3 is 10.6 Å². The Labute approximate surface area is 121 Å². The van der Waals surface area contributed by atoms with Crippen LogP contribution in [0.25, 0.3) is 0 Å². The number of hydrogen-bond acceptors (Lipinski definition) is 2. The van der Waals surface area contributed by atoms with Crippen LogP contribution in [0.15, 0.2) is 24.3 Å². The summed E-state index contributed by atoms with van der Waals surface area (Å²) in [5.41, 5.74) is 7.51. The van der Waals surface area contributed by atoms with E-state index in [2.05, 4.69) is 18.8 Å². The number of nitrogens with zero attached hydrogens (tertiary/aromatic N) is 1. The quantitative estimate of drug-likeness (QED) is 0.837. The molecule has 2 N–H and O–H groups in total. The number of amides is 1. The summed E-state index contributed by atoms with van der Waals surface area (Å²) < 4.78 is 0. The van der Waals surface area contributed by atoms with E-state index in [0.29, 0.717) is 25.4 Å². The summed E-state index contributed by atoms with van der Waals surface area (Å²) in [5.74, 6) is 6.87. The van der Waals surface area contributed by atoms with Crippen molar-refractivity contribution in [2.45, 2.75) is 32.7 Å². The molecular formula is C17H22N2O. The second kappa shape index (κ2) is 7.12. The maximum absolute atomic E-state index is 12.2. The van der Waals surface area contributed by atoms with Gasteiger partial charge in [-0.05, 0) is 30.4 Å². The van der Waals surface area contributed by atoms with E-state index in [0.717, 1.165) is 30.5 Å². The fourth-order valence-corrected chi connectivity index (χ4v) is 2.47. The molecule has 1 fully saturated rings. The molecular weight excluding hydrogens is 248 g/mol. The molecule has 1 saturated heterocycles. The molecule has 1 aromatic rings. The Kier molecular flexibility index (Phi) is 5.20. The standard InChI is InChI=1S/C17H22N2O/c1-14-8-9-17(20)19(12-10-14)13-16-6-3-2-5-15(16)7-4-11-18/h2-3,5-6,14H,8-13,18H2,1H3. The molecule has 106 valence electrons. The number of nitrogens with two attached hydrogens (primary N) is 1. The van der Waals surface area contributed by atoms with Crippen molar-refractivity contribution in [2.75, 3.05) is 13.1 Å². The van der Waals surface area contributed by atoms with E-state index in [1.54, 1.807) is 0 Å². The molecule has 1 aliphatic heterocycles. The molecule has 3 heteroatoms. The van der Waals surface area contributed by atoms with Crippen molar-refractivity contribution in [2.24, 2.45) is 11.7 Å². The van der Waals surface area contributed by atoms with Gasteiger partial charge in [-0.3, -0.25) is 4.79 Å². The lowest BCUT2D eigenvalue weighted by Gasteiger charge is -2.21. The maximum atomic E-state index is 12.2. The van der Waals surface area contributed by atoms with E-state index in [1.807, 2.05) is 29.2 Å². The van der Waals surface area contributed by atoms with E-state index in [4.69, 9.17) is 5.73 Å². The lowest BCUT2D eigenvalue weighted by molar-refractivity contribution is -0.131. The van der Waals surface area contributed by atoms with Crippen molar-refractivity contribution in [1.82, 2.24) is 4.90 Å². The largest absolute Gasteiger partial charge is 0.338 e. The molecule has 2 rings (SSSR count). The Hall–Kier alpha value is -1.79. The first-order valence-corrected chi connectivity index (χ1v) is 7.25. The number of carbonyl (C=O) groups excluding carboxylic acids is 1. The normalized spacial score (nSPS) is 19.2. The summed E-state index contributed by atoms with van der Waals surface area (Å²) >= 11 is 0. The van der Waals surface area contributed by atoms with E-state index in [9.17, 15) is 4.79 Å². The third-order valence-electron chi connectivity index (χ3n) is 3.80. The lowest BCUT2D eigenvalue weighted by Crippen LogP contribution is -2.30. The Morgan fingerprint density at radius 3 is 2.95 bits per heavy atom. The van der Waals surface area contributed by atoms with Gasteiger partial charge in [0.2, 0.25) is 5.91 Å². The van der Waals surface area contributed by atoms with E-state index >= 15 is 0 Å². The number of likely N-dealkylation sites (tertiary alicyclic amines) is 1. The van der Waals surface area contributed by atoms with Gasteiger partial charge in [-0.15, -0.1) is 0 Å². The van der Waals surface area contributed by atoms with Crippen LogP contribution in [0.5, 0.6) is 0 Å². The highest BCUT2D eigenvalue weighted by Crippen LogP contribution is 2.20. The second-order valence-electron chi connectivity index (χ2n) is 5.41. The average Bonchev–Trinajstić information content (AvgIpc) is 2.62. The predicted octanol–water partition coefficient (Wildman–Crippen LogP) is 2.15. The van der Waals surface area contributed by atoms with Crippen LogP contribution in [0.3, 0.4) is 0 Å². The van der Waals surface area contributed by atoms with Gasteiger partial charge in [0.15, 0.2) is 0 Å². The van der Waals surface area contributed by atoms with Gasteiger partial charge in [-0.2, -0.15) is 0 Å². The van der Waals surface area contributed by atoms with Crippen LogP contribution in [0.2, 0.25) is 0 Å². The van der Waals surface area contributed by atoms with Gasteiger partial charge in [-0.25, -0.2) is 0 Å².